The lowest BCUT2D eigenvalue weighted by molar-refractivity contribution is 0.0528. The SMILES string of the molecule is CCOC(=O)c1cnn2c(-c3ccco3)cc(C#N)nc12. The molecule has 3 heterocycles. The van der Waals surface area contributed by atoms with Crippen LogP contribution in [-0.4, -0.2) is 27.2 Å². The van der Waals surface area contributed by atoms with Crippen molar-refractivity contribution < 1.29 is 13.9 Å². The van der Waals surface area contributed by atoms with E-state index >= 15 is 0 Å². The summed E-state index contributed by atoms with van der Waals surface area (Å²) in [6.07, 6.45) is 2.89. The summed E-state index contributed by atoms with van der Waals surface area (Å²) in [7, 11) is 0. The van der Waals surface area contributed by atoms with E-state index in [0.717, 1.165) is 0 Å². The van der Waals surface area contributed by atoms with Crippen LogP contribution in [-0.2, 0) is 4.74 Å². The molecule has 0 N–H and O–H groups in total. The molecule has 0 aliphatic carbocycles. The van der Waals surface area contributed by atoms with Crippen molar-refractivity contribution in [3.05, 3.63) is 41.9 Å². The van der Waals surface area contributed by atoms with Crippen LogP contribution in [0.5, 0.6) is 0 Å². The van der Waals surface area contributed by atoms with Crippen molar-refractivity contribution in [1.29, 1.82) is 5.26 Å². The topological polar surface area (TPSA) is 93.4 Å². The van der Waals surface area contributed by atoms with Crippen molar-refractivity contribution in [2.45, 2.75) is 6.92 Å². The Hall–Kier alpha value is -3.14. The Bertz CT molecular complexity index is 843. The number of hydrogen-bond donors (Lipinski definition) is 0. The van der Waals surface area contributed by atoms with Gasteiger partial charge >= 0.3 is 5.97 Å². The molecule has 104 valence electrons. The summed E-state index contributed by atoms with van der Waals surface area (Å²) >= 11 is 0. The lowest BCUT2D eigenvalue weighted by Crippen LogP contribution is -2.06. The fraction of sp³-hybridized carbons (Fsp3) is 0.143. The molecule has 3 aromatic rings. The highest BCUT2D eigenvalue weighted by Gasteiger charge is 2.19. The number of carbonyl (C=O) groups is 1. The molecule has 0 bridgehead atoms. The van der Waals surface area contributed by atoms with Crippen molar-refractivity contribution >= 4 is 11.6 Å². The van der Waals surface area contributed by atoms with Crippen LogP contribution in [0.1, 0.15) is 23.0 Å². The predicted octanol–water partition coefficient (Wildman–Crippen LogP) is 2.04. The van der Waals surface area contributed by atoms with Crippen molar-refractivity contribution in [1.82, 2.24) is 14.6 Å². The first kappa shape index (κ1) is 12.9. The van der Waals surface area contributed by atoms with Gasteiger partial charge in [-0.25, -0.2) is 14.3 Å². The summed E-state index contributed by atoms with van der Waals surface area (Å²) < 4.78 is 11.7. The minimum atomic E-state index is -0.527. The third-order valence-corrected chi connectivity index (χ3v) is 2.86. The summed E-state index contributed by atoms with van der Waals surface area (Å²) in [4.78, 5) is 16.0. The van der Waals surface area contributed by atoms with Crippen LogP contribution in [0, 0.1) is 11.3 Å². The Morgan fingerprint density at radius 2 is 2.43 bits per heavy atom. The lowest BCUT2D eigenvalue weighted by Gasteiger charge is -2.03. The number of ether oxygens (including phenoxy) is 1. The van der Waals surface area contributed by atoms with E-state index in [1.54, 1.807) is 25.1 Å². The molecule has 3 rings (SSSR count). The third kappa shape index (κ3) is 2.12. The summed E-state index contributed by atoms with van der Waals surface area (Å²) in [6, 6.07) is 6.98. The summed E-state index contributed by atoms with van der Waals surface area (Å²) in [5, 5.41) is 13.2. The average molecular weight is 282 g/mol. The van der Waals surface area contributed by atoms with Gasteiger partial charge in [-0.2, -0.15) is 10.4 Å². The number of fused-ring (bicyclic) bond motifs is 1. The molecule has 0 aliphatic rings. The molecular formula is C14H10N4O3. The standard InChI is InChI=1S/C14H10N4O3/c1-2-20-14(19)10-8-16-18-11(12-4-3-5-21-12)6-9(7-15)17-13(10)18/h3-6,8H,2H2,1H3. The second-order valence-corrected chi connectivity index (χ2v) is 4.13. The van der Waals surface area contributed by atoms with Crippen molar-refractivity contribution in [3.8, 4) is 17.5 Å². The molecule has 0 fully saturated rings. The molecule has 0 aromatic carbocycles. The third-order valence-electron chi connectivity index (χ3n) is 2.86. The number of nitriles is 1. The highest BCUT2D eigenvalue weighted by Crippen LogP contribution is 2.23. The molecule has 0 amide bonds. The van der Waals surface area contributed by atoms with Gasteiger partial charge in [-0.3, -0.25) is 0 Å². The van der Waals surface area contributed by atoms with Gasteiger partial charge in [0.05, 0.1) is 19.1 Å². The zero-order valence-electron chi connectivity index (χ0n) is 11.1. The fourth-order valence-corrected chi connectivity index (χ4v) is 1.97. The van der Waals surface area contributed by atoms with Crippen LogP contribution in [0.25, 0.3) is 17.1 Å². The molecular weight excluding hydrogens is 272 g/mol. The van der Waals surface area contributed by atoms with E-state index < -0.39 is 5.97 Å². The number of rotatable bonds is 3. The van der Waals surface area contributed by atoms with E-state index in [-0.39, 0.29) is 23.5 Å². The first-order valence-corrected chi connectivity index (χ1v) is 6.24. The number of carbonyl (C=O) groups excluding carboxylic acids is 1. The van der Waals surface area contributed by atoms with Gasteiger partial charge in [-0.15, -0.1) is 0 Å². The second kappa shape index (κ2) is 5.09. The van der Waals surface area contributed by atoms with E-state index in [1.807, 2.05) is 6.07 Å². The largest absolute Gasteiger partial charge is 0.463 e. The predicted molar refractivity (Wildman–Crippen MR) is 71.4 cm³/mol. The van der Waals surface area contributed by atoms with E-state index in [2.05, 4.69) is 10.1 Å². The molecule has 21 heavy (non-hydrogen) atoms. The van der Waals surface area contributed by atoms with Crippen molar-refractivity contribution in [2.24, 2.45) is 0 Å². The summed E-state index contributed by atoms with van der Waals surface area (Å²) in [5.41, 5.74) is 1.18. The normalized spacial score (nSPS) is 10.5. The number of hydrogen-bond acceptors (Lipinski definition) is 6. The van der Waals surface area contributed by atoms with E-state index in [0.29, 0.717) is 11.5 Å². The lowest BCUT2D eigenvalue weighted by atomic mass is 10.2. The van der Waals surface area contributed by atoms with Gasteiger partial charge in [0.15, 0.2) is 11.4 Å². The molecule has 0 spiro atoms. The molecule has 0 saturated heterocycles. The molecule has 3 aromatic heterocycles. The fourth-order valence-electron chi connectivity index (χ4n) is 1.97. The van der Waals surface area contributed by atoms with Gasteiger partial charge in [-0.1, -0.05) is 0 Å². The van der Waals surface area contributed by atoms with Crippen LogP contribution in [0.2, 0.25) is 0 Å². The number of esters is 1. The number of nitrogens with zero attached hydrogens (tertiary/aromatic N) is 4. The highest BCUT2D eigenvalue weighted by atomic mass is 16.5. The molecule has 0 atom stereocenters. The molecule has 0 unspecified atom stereocenters. The van der Waals surface area contributed by atoms with Crippen LogP contribution in [0.15, 0.2) is 35.1 Å². The van der Waals surface area contributed by atoms with Gasteiger partial charge < -0.3 is 9.15 Å². The first-order valence-electron chi connectivity index (χ1n) is 6.24. The van der Waals surface area contributed by atoms with Crippen molar-refractivity contribution in [3.63, 3.8) is 0 Å². The Kier molecular flexibility index (Phi) is 3.12. The molecule has 7 nitrogen and oxygen atoms in total. The van der Waals surface area contributed by atoms with Crippen LogP contribution in [0.4, 0.5) is 0 Å². The number of aromatic nitrogens is 3. The smallest absolute Gasteiger partial charge is 0.343 e. The van der Waals surface area contributed by atoms with Gasteiger partial charge in [0.1, 0.15) is 23.0 Å². The molecule has 0 aliphatic heterocycles. The monoisotopic (exact) mass is 282 g/mol. The quantitative estimate of drug-likeness (QED) is 0.682. The second-order valence-electron chi connectivity index (χ2n) is 4.13. The van der Waals surface area contributed by atoms with Crippen LogP contribution in [0.3, 0.4) is 0 Å². The first-order chi connectivity index (χ1) is 10.2. The van der Waals surface area contributed by atoms with Gasteiger partial charge in [-0.05, 0) is 19.1 Å². The zero-order valence-corrected chi connectivity index (χ0v) is 11.1. The van der Waals surface area contributed by atoms with Gasteiger partial charge in [0.2, 0.25) is 0 Å². The summed E-state index contributed by atoms with van der Waals surface area (Å²) in [5.74, 6) is -0.00195. The van der Waals surface area contributed by atoms with Crippen molar-refractivity contribution in [2.75, 3.05) is 6.61 Å². The molecule has 0 saturated carbocycles. The Morgan fingerprint density at radius 1 is 1.57 bits per heavy atom. The zero-order chi connectivity index (χ0) is 14.8. The Morgan fingerprint density at radius 3 is 3.10 bits per heavy atom. The van der Waals surface area contributed by atoms with Gasteiger partial charge in [0.25, 0.3) is 0 Å². The average Bonchev–Trinajstić information content (AvgIpc) is 3.15. The van der Waals surface area contributed by atoms with E-state index in [1.165, 1.54) is 17.0 Å². The maximum absolute atomic E-state index is 11.9. The van der Waals surface area contributed by atoms with E-state index in [9.17, 15) is 4.79 Å². The van der Waals surface area contributed by atoms with E-state index in [4.69, 9.17) is 14.4 Å². The molecule has 7 heteroatoms. The minimum Gasteiger partial charge on any atom is -0.463 e. The Balaban J connectivity index is 2.26. The van der Waals surface area contributed by atoms with Crippen LogP contribution >= 0.6 is 0 Å². The minimum absolute atomic E-state index is 0.167. The number of furan rings is 1. The van der Waals surface area contributed by atoms with Gasteiger partial charge in [0, 0.05) is 6.07 Å². The summed E-state index contributed by atoms with van der Waals surface area (Å²) in [6.45, 7) is 1.96. The maximum Gasteiger partial charge on any atom is 0.343 e. The highest BCUT2D eigenvalue weighted by molar-refractivity contribution is 5.96. The van der Waals surface area contributed by atoms with Crippen LogP contribution < -0.4 is 0 Å². The maximum atomic E-state index is 11.9. The molecule has 0 radical (unpaired) electrons. The Labute approximate surface area is 119 Å².